The molecule has 1 N–H and O–H groups in total. The van der Waals surface area contributed by atoms with E-state index in [2.05, 4.69) is 15.3 Å². The fourth-order valence-corrected chi connectivity index (χ4v) is 3.55. The van der Waals surface area contributed by atoms with Gasteiger partial charge in [0.05, 0.1) is 10.3 Å². The molecular weight excluding hydrogens is 274 g/mol. The van der Waals surface area contributed by atoms with E-state index in [-0.39, 0.29) is 0 Å². The fourth-order valence-electron chi connectivity index (χ4n) is 2.37. The Bertz CT molecular complexity index is 767. The molecule has 6 heteroatoms. The summed E-state index contributed by atoms with van der Waals surface area (Å²) < 4.78 is 23.0. The zero-order chi connectivity index (χ0) is 14.4. The van der Waals surface area contributed by atoms with Gasteiger partial charge in [0, 0.05) is 18.2 Å². The van der Waals surface area contributed by atoms with Crippen LogP contribution in [0.4, 0.5) is 5.82 Å². The number of benzene rings is 1. The average Bonchev–Trinajstić information content (AvgIpc) is 3.17. The number of aryl methyl sites for hydroxylation is 1. The highest BCUT2D eigenvalue weighted by Gasteiger charge is 2.51. The second kappa shape index (κ2) is 4.41. The monoisotopic (exact) mass is 291 g/mol. The molecule has 20 heavy (non-hydrogen) atoms. The minimum absolute atomic E-state index is 0.409. The van der Waals surface area contributed by atoms with Crippen LogP contribution in [0.2, 0.25) is 0 Å². The van der Waals surface area contributed by atoms with Gasteiger partial charge in [0.2, 0.25) is 0 Å². The Morgan fingerprint density at radius 2 is 2.05 bits per heavy atom. The second-order valence-corrected chi connectivity index (χ2v) is 7.96. The van der Waals surface area contributed by atoms with Gasteiger partial charge in [-0.25, -0.2) is 18.4 Å². The van der Waals surface area contributed by atoms with Crippen LogP contribution in [0.25, 0.3) is 10.9 Å². The van der Waals surface area contributed by atoms with Gasteiger partial charge in [0.15, 0.2) is 9.84 Å². The predicted octanol–water partition coefficient (Wildman–Crippen LogP) is 1.93. The molecule has 0 spiro atoms. The second-order valence-electron chi connectivity index (χ2n) is 5.55. The number of fused-ring (bicyclic) bond motifs is 1. The van der Waals surface area contributed by atoms with Gasteiger partial charge in [-0.15, -0.1) is 0 Å². The van der Waals surface area contributed by atoms with Crippen LogP contribution in [0.3, 0.4) is 0 Å². The maximum Gasteiger partial charge on any atom is 0.154 e. The molecule has 0 bridgehead atoms. The summed E-state index contributed by atoms with van der Waals surface area (Å²) in [7, 11) is -3.03. The lowest BCUT2D eigenvalue weighted by atomic mass is 10.1. The fraction of sp³-hybridized carbons (Fsp3) is 0.429. The highest BCUT2D eigenvalue weighted by atomic mass is 32.2. The quantitative estimate of drug-likeness (QED) is 0.932. The molecule has 0 amide bonds. The van der Waals surface area contributed by atoms with E-state index >= 15 is 0 Å². The molecule has 0 radical (unpaired) electrons. The lowest BCUT2D eigenvalue weighted by Gasteiger charge is -2.15. The van der Waals surface area contributed by atoms with Crippen molar-refractivity contribution in [2.45, 2.75) is 24.5 Å². The van der Waals surface area contributed by atoms with E-state index < -0.39 is 14.6 Å². The van der Waals surface area contributed by atoms with Crippen molar-refractivity contribution in [2.24, 2.45) is 0 Å². The molecule has 1 aliphatic carbocycles. The van der Waals surface area contributed by atoms with Crippen LogP contribution in [-0.4, -0.2) is 35.9 Å². The highest BCUT2D eigenvalue weighted by Crippen LogP contribution is 2.43. The van der Waals surface area contributed by atoms with Crippen molar-refractivity contribution < 1.29 is 8.42 Å². The minimum atomic E-state index is -3.03. The minimum Gasteiger partial charge on any atom is -0.368 e. The van der Waals surface area contributed by atoms with Crippen LogP contribution in [0.5, 0.6) is 0 Å². The van der Waals surface area contributed by atoms with Crippen LogP contribution < -0.4 is 5.32 Å². The molecule has 1 heterocycles. The van der Waals surface area contributed by atoms with Gasteiger partial charge in [0.1, 0.15) is 12.1 Å². The Balaban J connectivity index is 1.91. The summed E-state index contributed by atoms with van der Waals surface area (Å²) in [4.78, 5) is 8.47. The van der Waals surface area contributed by atoms with E-state index in [0.717, 1.165) is 29.3 Å². The molecule has 0 saturated heterocycles. The maximum atomic E-state index is 11.8. The van der Waals surface area contributed by atoms with E-state index in [0.29, 0.717) is 12.4 Å². The average molecular weight is 291 g/mol. The molecule has 5 nitrogen and oxygen atoms in total. The Morgan fingerprint density at radius 1 is 1.30 bits per heavy atom. The molecule has 0 unspecified atom stereocenters. The van der Waals surface area contributed by atoms with Gasteiger partial charge >= 0.3 is 0 Å². The van der Waals surface area contributed by atoms with Gasteiger partial charge in [-0.1, -0.05) is 11.6 Å². The third-order valence-corrected chi connectivity index (χ3v) is 6.09. The first kappa shape index (κ1) is 13.3. The first-order valence-electron chi connectivity index (χ1n) is 6.56. The maximum absolute atomic E-state index is 11.8. The Morgan fingerprint density at radius 3 is 2.70 bits per heavy atom. The number of nitrogens with one attached hydrogen (secondary N) is 1. The smallest absolute Gasteiger partial charge is 0.154 e. The third kappa shape index (κ3) is 2.24. The van der Waals surface area contributed by atoms with Gasteiger partial charge in [-0.05, 0) is 31.9 Å². The van der Waals surface area contributed by atoms with E-state index in [1.54, 1.807) is 0 Å². The lowest BCUT2D eigenvalue weighted by molar-refractivity contribution is 0.585. The van der Waals surface area contributed by atoms with E-state index in [1.807, 2.05) is 25.1 Å². The van der Waals surface area contributed by atoms with Crippen LogP contribution in [0.15, 0.2) is 24.5 Å². The zero-order valence-corrected chi connectivity index (χ0v) is 12.4. The molecule has 2 aromatic rings. The summed E-state index contributed by atoms with van der Waals surface area (Å²) in [6.45, 7) is 2.42. The summed E-state index contributed by atoms with van der Waals surface area (Å²) in [5, 5.41) is 4.12. The van der Waals surface area contributed by atoms with Crippen molar-refractivity contribution in [1.29, 1.82) is 0 Å². The Labute approximate surface area is 118 Å². The van der Waals surface area contributed by atoms with Gasteiger partial charge in [0.25, 0.3) is 0 Å². The van der Waals surface area contributed by atoms with Gasteiger partial charge in [-0.3, -0.25) is 0 Å². The van der Waals surface area contributed by atoms with E-state index in [4.69, 9.17) is 0 Å². The van der Waals surface area contributed by atoms with Crippen molar-refractivity contribution in [1.82, 2.24) is 9.97 Å². The summed E-state index contributed by atoms with van der Waals surface area (Å²) in [5.41, 5.74) is 1.98. The first-order chi connectivity index (χ1) is 9.41. The standard InChI is InChI=1S/C14H17N3O2S/c1-10-3-4-12-11(7-10)13(17-9-16-12)15-8-14(5-6-14)20(2,18)19/h3-4,7,9H,5-6,8H2,1-2H3,(H,15,16,17). The van der Waals surface area contributed by atoms with E-state index in [9.17, 15) is 8.42 Å². The topological polar surface area (TPSA) is 72.0 Å². The Kier molecular flexibility index (Phi) is 2.93. The largest absolute Gasteiger partial charge is 0.368 e. The highest BCUT2D eigenvalue weighted by molar-refractivity contribution is 7.92. The van der Waals surface area contributed by atoms with Crippen molar-refractivity contribution in [3.63, 3.8) is 0 Å². The van der Waals surface area contributed by atoms with Crippen LogP contribution in [0.1, 0.15) is 18.4 Å². The number of aromatic nitrogens is 2. The number of hydrogen-bond acceptors (Lipinski definition) is 5. The zero-order valence-electron chi connectivity index (χ0n) is 11.5. The number of nitrogens with zero attached hydrogens (tertiary/aromatic N) is 2. The molecule has 3 rings (SSSR count). The molecule has 0 aliphatic heterocycles. The molecule has 1 fully saturated rings. The van der Waals surface area contributed by atoms with Crippen LogP contribution >= 0.6 is 0 Å². The molecule has 1 saturated carbocycles. The number of sulfone groups is 1. The number of anilines is 1. The van der Waals surface area contributed by atoms with E-state index in [1.165, 1.54) is 12.6 Å². The van der Waals surface area contributed by atoms with Gasteiger partial charge < -0.3 is 5.32 Å². The first-order valence-corrected chi connectivity index (χ1v) is 8.45. The molecule has 1 aromatic carbocycles. The summed E-state index contributed by atoms with van der Waals surface area (Å²) >= 11 is 0. The SMILES string of the molecule is Cc1ccc2ncnc(NCC3(S(C)(=O)=O)CC3)c2c1. The molecule has 0 atom stereocenters. The molecular formula is C14H17N3O2S. The summed E-state index contributed by atoms with van der Waals surface area (Å²) in [5.74, 6) is 0.702. The van der Waals surface area contributed by atoms with Gasteiger partial charge in [-0.2, -0.15) is 0 Å². The molecule has 1 aliphatic rings. The molecule has 106 valence electrons. The lowest BCUT2D eigenvalue weighted by Crippen LogP contribution is -2.30. The molecule has 1 aromatic heterocycles. The van der Waals surface area contributed by atoms with Crippen LogP contribution in [-0.2, 0) is 9.84 Å². The normalized spacial score (nSPS) is 17.1. The van der Waals surface area contributed by atoms with Crippen LogP contribution in [0, 0.1) is 6.92 Å². The third-order valence-electron chi connectivity index (χ3n) is 3.96. The Hall–Kier alpha value is -1.69. The van der Waals surface area contributed by atoms with Crippen molar-refractivity contribution in [3.8, 4) is 0 Å². The van der Waals surface area contributed by atoms with Crippen molar-refractivity contribution in [2.75, 3.05) is 18.1 Å². The van der Waals surface area contributed by atoms with Crippen molar-refractivity contribution in [3.05, 3.63) is 30.1 Å². The summed E-state index contributed by atoms with van der Waals surface area (Å²) in [6, 6.07) is 5.96. The predicted molar refractivity (Wildman–Crippen MR) is 79.6 cm³/mol. The number of rotatable bonds is 4. The van der Waals surface area contributed by atoms with Crippen molar-refractivity contribution >= 4 is 26.6 Å². The number of hydrogen-bond donors (Lipinski definition) is 1. The summed E-state index contributed by atoms with van der Waals surface area (Å²) in [6.07, 6.45) is 4.26.